The molecule has 2 aromatic heterocycles. The normalized spacial score (nSPS) is 10.7. The number of carbonyl (C=O) groups excluding carboxylic acids is 1. The molecule has 2 heterocycles. The standard InChI is InChI=1S/C16H23N5O/c1-12(2)10-16(22)18-7-6-17-14-11-15(20-13(3)19-14)21-8-4-5-9-21/h4-5,8-9,11-12H,6-7,10H2,1-3H3,(H,18,22)(H,17,19,20). The number of aromatic nitrogens is 3. The summed E-state index contributed by atoms with van der Waals surface area (Å²) in [5.74, 6) is 2.75. The molecule has 0 aliphatic rings. The van der Waals surface area contributed by atoms with Crippen LogP contribution in [0.5, 0.6) is 0 Å². The summed E-state index contributed by atoms with van der Waals surface area (Å²) in [4.78, 5) is 20.3. The molecule has 2 rings (SSSR count). The Labute approximate surface area is 131 Å². The van der Waals surface area contributed by atoms with Gasteiger partial charge < -0.3 is 15.2 Å². The minimum absolute atomic E-state index is 0.0868. The molecule has 0 atom stereocenters. The lowest BCUT2D eigenvalue weighted by Gasteiger charge is -2.10. The molecule has 0 fully saturated rings. The van der Waals surface area contributed by atoms with E-state index in [4.69, 9.17) is 0 Å². The summed E-state index contributed by atoms with van der Waals surface area (Å²) in [6.07, 6.45) is 4.44. The van der Waals surface area contributed by atoms with Crippen LogP contribution in [0, 0.1) is 12.8 Å². The van der Waals surface area contributed by atoms with E-state index in [1.165, 1.54) is 0 Å². The molecule has 0 radical (unpaired) electrons. The van der Waals surface area contributed by atoms with Gasteiger partial charge in [0.25, 0.3) is 0 Å². The molecular weight excluding hydrogens is 278 g/mol. The molecule has 0 bridgehead atoms. The fourth-order valence-corrected chi connectivity index (χ4v) is 2.10. The Hall–Kier alpha value is -2.37. The molecule has 0 aromatic carbocycles. The Kier molecular flexibility index (Phi) is 5.52. The highest BCUT2D eigenvalue weighted by atomic mass is 16.1. The molecule has 0 aliphatic carbocycles. The van der Waals surface area contributed by atoms with Gasteiger partial charge in [0.15, 0.2) is 0 Å². The van der Waals surface area contributed by atoms with Crippen LogP contribution in [0.15, 0.2) is 30.6 Å². The number of nitrogens with zero attached hydrogens (tertiary/aromatic N) is 3. The predicted octanol–water partition coefficient (Wildman–Crippen LogP) is 2.15. The van der Waals surface area contributed by atoms with Gasteiger partial charge in [-0.15, -0.1) is 0 Å². The summed E-state index contributed by atoms with van der Waals surface area (Å²) in [6.45, 7) is 7.13. The molecule has 2 N–H and O–H groups in total. The summed E-state index contributed by atoms with van der Waals surface area (Å²) in [5.41, 5.74) is 0. The van der Waals surface area contributed by atoms with E-state index >= 15 is 0 Å². The van der Waals surface area contributed by atoms with Gasteiger partial charge in [-0.1, -0.05) is 13.8 Å². The first-order valence-electron chi connectivity index (χ1n) is 7.54. The van der Waals surface area contributed by atoms with Crippen molar-refractivity contribution in [2.24, 2.45) is 5.92 Å². The minimum Gasteiger partial charge on any atom is -0.368 e. The van der Waals surface area contributed by atoms with Crippen LogP contribution in [0.4, 0.5) is 5.82 Å². The van der Waals surface area contributed by atoms with Crippen molar-refractivity contribution in [3.8, 4) is 5.82 Å². The molecule has 0 saturated heterocycles. The molecule has 0 spiro atoms. The first-order chi connectivity index (χ1) is 10.5. The Morgan fingerprint density at radius 3 is 2.64 bits per heavy atom. The van der Waals surface area contributed by atoms with Gasteiger partial charge in [-0.05, 0) is 25.0 Å². The van der Waals surface area contributed by atoms with Gasteiger partial charge >= 0.3 is 0 Å². The molecule has 0 saturated carbocycles. The van der Waals surface area contributed by atoms with Crippen molar-refractivity contribution in [3.05, 3.63) is 36.4 Å². The molecule has 6 heteroatoms. The number of nitrogens with one attached hydrogen (secondary N) is 2. The van der Waals surface area contributed by atoms with Crippen molar-refractivity contribution in [1.29, 1.82) is 0 Å². The molecule has 0 aliphatic heterocycles. The SMILES string of the molecule is Cc1nc(NCCNC(=O)CC(C)C)cc(-n2cccc2)n1. The average molecular weight is 301 g/mol. The Balaban J connectivity index is 1.87. The van der Waals surface area contributed by atoms with E-state index in [9.17, 15) is 4.79 Å². The topological polar surface area (TPSA) is 71.8 Å². The second-order valence-electron chi connectivity index (χ2n) is 5.62. The second kappa shape index (κ2) is 7.59. The van der Waals surface area contributed by atoms with Crippen LogP contribution in [0.25, 0.3) is 5.82 Å². The van der Waals surface area contributed by atoms with E-state index < -0.39 is 0 Å². The highest BCUT2D eigenvalue weighted by molar-refractivity contribution is 5.76. The average Bonchev–Trinajstić information content (AvgIpc) is 2.96. The van der Waals surface area contributed by atoms with E-state index in [2.05, 4.69) is 20.6 Å². The number of amides is 1. The highest BCUT2D eigenvalue weighted by Gasteiger charge is 2.05. The number of aryl methyl sites for hydroxylation is 1. The van der Waals surface area contributed by atoms with Crippen molar-refractivity contribution < 1.29 is 4.79 Å². The van der Waals surface area contributed by atoms with Crippen molar-refractivity contribution in [2.45, 2.75) is 27.2 Å². The van der Waals surface area contributed by atoms with E-state index in [0.717, 1.165) is 11.6 Å². The van der Waals surface area contributed by atoms with Crippen molar-refractivity contribution >= 4 is 11.7 Å². The predicted molar refractivity (Wildman–Crippen MR) is 87.1 cm³/mol. The van der Waals surface area contributed by atoms with Crippen LogP contribution in [-0.4, -0.2) is 33.5 Å². The summed E-state index contributed by atoms with van der Waals surface area (Å²) in [7, 11) is 0. The van der Waals surface area contributed by atoms with Crippen LogP contribution >= 0.6 is 0 Å². The first-order valence-corrected chi connectivity index (χ1v) is 7.54. The summed E-state index contributed by atoms with van der Waals surface area (Å²) >= 11 is 0. The van der Waals surface area contributed by atoms with Crippen molar-refractivity contribution in [1.82, 2.24) is 19.9 Å². The van der Waals surface area contributed by atoms with Gasteiger partial charge in [0.05, 0.1) is 0 Å². The van der Waals surface area contributed by atoms with E-state index in [0.29, 0.717) is 31.3 Å². The third-order valence-corrected chi connectivity index (χ3v) is 3.04. The zero-order chi connectivity index (χ0) is 15.9. The second-order valence-corrected chi connectivity index (χ2v) is 5.62. The summed E-state index contributed by atoms with van der Waals surface area (Å²) in [5, 5.41) is 6.11. The summed E-state index contributed by atoms with van der Waals surface area (Å²) in [6, 6.07) is 5.80. The maximum atomic E-state index is 11.6. The Bertz CT molecular complexity index is 607. The molecule has 1 amide bonds. The number of rotatable bonds is 7. The van der Waals surface area contributed by atoms with Crippen LogP contribution in [0.3, 0.4) is 0 Å². The number of hydrogen-bond acceptors (Lipinski definition) is 4. The van der Waals surface area contributed by atoms with Crippen molar-refractivity contribution in [3.63, 3.8) is 0 Å². The van der Waals surface area contributed by atoms with Crippen LogP contribution < -0.4 is 10.6 Å². The molecular formula is C16H23N5O. The van der Waals surface area contributed by atoms with E-state index in [1.807, 2.05) is 55.9 Å². The lowest BCUT2D eigenvalue weighted by Crippen LogP contribution is -2.29. The number of carbonyl (C=O) groups is 1. The van der Waals surface area contributed by atoms with Gasteiger partial charge in [-0.25, -0.2) is 9.97 Å². The van der Waals surface area contributed by atoms with Crippen LogP contribution in [-0.2, 0) is 4.79 Å². The lowest BCUT2D eigenvalue weighted by molar-refractivity contribution is -0.121. The maximum absolute atomic E-state index is 11.6. The third-order valence-electron chi connectivity index (χ3n) is 3.04. The zero-order valence-corrected chi connectivity index (χ0v) is 13.3. The number of anilines is 1. The molecule has 2 aromatic rings. The lowest BCUT2D eigenvalue weighted by atomic mass is 10.1. The Morgan fingerprint density at radius 2 is 1.95 bits per heavy atom. The molecule has 0 unspecified atom stereocenters. The maximum Gasteiger partial charge on any atom is 0.220 e. The quantitative estimate of drug-likeness (QED) is 0.769. The van der Waals surface area contributed by atoms with Crippen LogP contribution in [0.2, 0.25) is 0 Å². The summed E-state index contributed by atoms with van der Waals surface area (Å²) < 4.78 is 1.93. The van der Waals surface area contributed by atoms with E-state index in [1.54, 1.807) is 0 Å². The fraction of sp³-hybridized carbons (Fsp3) is 0.438. The monoisotopic (exact) mass is 301 g/mol. The third kappa shape index (κ3) is 4.87. The van der Waals surface area contributed by atoms with Gasteiger partial charge in [0.2, 0.25) is 5.91 Å². The Morgan fingerprint density at radius 1 is 1.23 bits per heavy atom. The minimum atomic E-state index is 0.0868. The molecule has 6 nitrogen and oxygen atoms in total. The zero-order valence-electron chi connectivity index (χ0n) is 13.3. The smallest absolute Gasteiger partial charge is 0.220 e. The van der Waals surface area contributed by atoms with Gasteiger partial charge in [0.1, 0.15) is 17.5 Å². The van der Waals surface area contributed by atoms with E-state index in [-0.39, 0.29) is 5.91 Å². The van der Waals surface area contributed by atoms with Gasteiger partial charge in [-0.3, -0.25) is 4.79 Å². The largest absolute Gasteiger partial charge is 0.368 e. The van der Waals surface area contributed by atoms with Gasteiger partial charge in [0, 0.05) is 38.0 Å². The first kappa shape index (κ1) is 16.0. The molecule has 118 valence electrons. The fourth-order valence-electron chi connectivity index (χ4n) is 2.10. The number of hydrogen-bond donors (Lipinski definition) is 2. The highest BCUT2D eigenvalue weighted by Crippen LogP contribution is 2.11. The van der Waals surface area contributed by atoms with Crippen LogP contribution in [0.1, 0.15) is 26.1 Å². The van der Waals surface area contributed by atoms with Gasteiger partial charge in [-0.2, -0.15) is 0 Å². The molecule has 22 heavy (non-hydrogen) atoms. The van der Waals surface area contributed by atoms with Crippen molar-refractivity contribution in [2.75, 3.05) is 18.4 Å².